The van der Waals surface area contributed by atoms with Crippen LogP contribution in [0.1, 0.15) is 23.1 Å². The Kier molecular flexibility index (Phi) is 4.43. The van der Waals surface area contributed by atoms with Crippen LogP contribution in [0.25, 0.3) is 0 Å². The van der Waals surface area contributed by atoms with Crippen molar-refractivity contribution in [3.63, 3.8) is 0 Å². The fourth-order valence-corrected chi connectivity index (χ4v) is 4.08. The fraction of sp³-hybridized carbons (Fsp3) is 0.278. The summed E-state index contributed by atoms with van der Waals surface area (Å²) in [5, 5.41) is 2.78. The van der Waals surface area contributed by atoms with Gasteiger partial charge in [-0.05, 0) is 67.3 Å². The fourth-order valence-electron chi connectivity index (χ4n) is 2.79. The molecule has 0 unspecified atom stereocenters. The van der Waals surface area contributed by atoms with Crippen LogP contribution in [0, 0.1) is 13.8 Å². The number of methoxy groups -OCH3 is 1. The normalized spacial score (nSPS) is 13.8. The van der Waals surface area contributed by atoms with Gasteiger partial charge in [0.05, 0.1) is 7.11 Å². The zero-order chi connectivity index (χ0) is 18.2. The summed E-state index contributed by atoms with van der Waals surface area (Å²) in [5.74, 6) is 0.279. The highest BCUT2D eigenvalue weighted by atomic mass is 32.2. The lowest BCUT2D eigenvalue weighted by Gasteiger charge is -2.18. The summed E-state index contributed by atoms with van der Waals surface area (Å²) in [6.07, 6.45) is 0.984. The molecule has 0 bridgehead atoms. The molecular weight excluding hydrogens is 340 g/mol. The van der Waals surface area contributed by atoms with E-state index in [4.69, 9.17) is 4.74 Å². The van der Waals surface area contributed by atoms with Crippen molar-refractivity contribution >= 4 is 27.3 Å². The molecule has 0 atom stereocenters. The van der Waals surface area contributed by atoms with Gasteiger partial charge in [-0.25, -0.2) is 8.42 Å². The Labute approximate surface area is 147 Å². The maximum absolute atomic E-state index is 12.8. The topological polar surface area (TPSA) is 84.5 Å². The van der Waals surface area contributed by atoms with Crippen molar-refractivity contribution in [2.24, 2.45) is 0 Å². The molecule has 0 aliphatic carbocycles. The van der Waals surface area contributed by atoms with Crippen molar-refractivity contribution in [2.45, 2.75) is 31.6 Å². The van der Waals surface area contributed by atoms with Crippen LogP contribution in [0.5, 0.6) is 5.75 Å². The van der Waals surface area contributed by atoms with Crippen LogP contribution in [0.2, 0.25) is 0 Å². The maximum Gasteiger partial charge on any atom is 0.265 e. The Morgan fingerprint density at radius 2 is 1.80 bits per heavy atom. The maximum atomic E-state index is 12.8. The number of anilines is 2. The first-order valence-electron chi connectivity index (χ1n) is 7.91. The lowest BCUT2D eigenvalue weighted by Crippen LogP contribution is -2.19. The van der Waals surface area contributed by atoms with Gasteiger partial charge in [0.1, 0.15) is 10.6 Å². The molecule has 3 rings (SSSR count). The highest BCUT2D eigenvalue weighted by Gasteiger charge is 2.22. The molecule has 1 amide bonds. The van der Waals surface area contributed by atoms with Crippen LogP contribution in [0.15, 0.2) is 35.2 Å². The third kappa shape index (κ3) is 3.46. The van der Waals surface area contributed by atoms with Crippen molar-refractivity contribution in [1.82, 2.24) is 0 Å². The Balaban J connectivity index is 1.95. The van der Waals surface area contributed by atoms with Gasteiger partial charge in [0.2, 0.25) is 5.91 Å². The minimum Gasteiger partial charge on any atom is -0.495 e. The van der Waals surface area contributed by atoms with Crippen molar-refractivity contribution in [2.75, 3.05) is 17.1 Å². The summed E-state index contributed by atoms with van der Waals surface area (Å²) in [5.41, 5.74) is 3.92. The number of benzene rings is 2. The molecule has 2 aromatic carbocycles. The SMILES string of the molecule is COc1cc(C)c(C)cc1S(=O)(=O)Nc1ccc2c(c1)CCC(=O)N2. The van der Waals surface area contributed by atoms with E-state index < -0.39 is 10.0 Å². The van der Waals surface area contributed by atoms with Gasteiger partial charge in [-0.3, -0.25) is 9.52 Å². The van der Waals surface area contributed by atoms with Gasteiger partial charge in [-0.1, -0.05) is 0 Å². The number of fused-ring (bicyclic) bond motifs is 1. The first-order chi connectivity index (χ1) is 11.8. The van der Waals surface area contributed by atoms with E-state index in [-0.39, 0.29) is 10.8 Å². The third-order valence-corrected chi connectivity index (χ3v) is 5.72. The summed E-state index contributed by atoms with van der Waals surface area (Å²) in [6.45, 7) is 3.76. The van der Waals surface area contributed by atoms with E-state index in [0.29, 0.717) is 24.3 Å². The molecule has 0 saturated heterocycles. The Morgan fingerprint density at radius 1 is 1.08 bits per heavy atom. The number of sulfonamides is 1. The molecular formula is C18H20N2O4S. The third-order valence-electron chi connectivity index (χ3n) is 4.32. The van der Waals surface area contributed by atoms with Crippen molar-refractivity contribution in [3.8, 4) is 5.75 Å². The average Bonchev–Trinajstić information content (AvgIpc) is 2.56. The molecule has 7 heteroatoms. The molecule has 2 aromatic rings. The number of hydrogen-bond acceptors (Lipinski definition) is 4. The van der Waals surface area contributed by atoms with E-state index in [2.05, 4.69) is 10.0 Å². The number of hydrogen-bond donors (Lipinski definition) is 2. The molecule has 1 aliphatic heterocycles. The second kappa shape index (κ2) is 6.40. The number of carbonyl (C=O) groups excluding carboxylic acids is 1. The Morgan fingerprint density at radius 3 is 2.52 bits per heavy atom. The molecule has 0 saturated carbocycles. The summed E-state index contributed by atoms with van der Waals surface area (Å²) < 4.78 is 33.4. The largest absolute Gasteiger partial charge is 0.495 e. The number of ether oxygens (including phenoxy) is 1. The summed E-state index contributed by atoms with van der Waals surface area (Å²) >= 11 is 0. The summed E-state index contributed by atoms with van der Waals surface area (Å²) in [7, 11) is -2.35. The minimum absolute atomic E-state index is 0.0271. The molecule has 2 N–H and O–H groups in total. The van der Waals surface area contributed by atoms with E-state index in [1.165, 1.54) is 7.11 Å². The number of rotatable bonds is 4. The molecule has 0 aromatic heterocycles. The molecule has 1 aliphatic rings. The van der Waals surface area contributed by atoms with Gasteiger partial charge < -0.3 is 10.1 Å². The second-order valence-corrected chi connectivity index (χ2v) is 7.76. The second-order valence-electron chi connectivity index (χ2n) is 6.11. The van der Waals surface area contributed by atoms with E-state index in [1.54, 1.807) is 30.3 Å². The van der Waals surface area contributed by atoms with Crippen LogP contribution in [0.3, 0.4) is 0 Å². The average molecular weight is 360 g/mol. The molecule has 0 radical (unpaired) electrons. The van der Waals surface area contributed by atoms with E-state index in [9.17, 15) is 13.2 Å². The standard InChI is InChI=1S/C18H20N2O4S/c1-11-8-16(24-3)17(9-12(11)2)25(22,23)20-14-5-6-15-13(10-14)4-7-18(21)19-15/h5-6,8-10,20H,4,7H2,1-3H3,(H,19,21). The van der Waals surface area contributed by atoms with Crippen LogP contribution >= 0.6 is 0 Å². The number of amides is 1. The van der Waals surface area contributed by atoms with Crippen LogP contribution < -0.4 is 14.8 Å². The van der Waals surface area contributed by atoms with Gasteiger partial charge in [0, 0.05) is 17.8 Å². The lowest BCUT2D eigenvalue weighted by molar-refractivity contribution is -0.116. The first-order valence-corrected chi connectivity index (χ1v) is 9.39. The minimum atomic E-state index is -3.79. The first kappa shape index (κ1) is 17.3. The zero-order valence-electron chi connectivity index (χ0n) is 14.3. The molecule has 25 heavy (non-hydrogen) atoms. The van der Waals surface area contributed by atoms with Crippen molar-refractivity contribution < 1.29 is 17.9 Å². The Bertz CT molecular complexity index is 952. The molecule has 0 fully saturated rings. The predicted molar refractivity (Wildman–Crippen MR) is 96.7 cm³/mol. The van der Waals surface area contributed by atoms with Gasteiger partial charge >= 0.3 is 0 Å². The van der Waals surface area contributed by atoms with E-state index in [0.717, 1.165) is 22.4 Å². The van der Waals surface area contributed by atoms with Crippen LogP contribution in [-0.2, 0) is 21.2 Å². The van der Waals surface area contributed by atoms with Crippen LogP contribution in [-0.4, -0.2) is 21.4 Å². The highest BCUT2D eigenvalue weighted by Crippen LogP contribution is 2.31. The smallest absolute Gasteiger partial charge is 0.265 e. The molecule has 0 spiro atoms. The lowest BCUT2D eigenvalue weighted by atomic mass is 10.0. The van der Waals surface area contributed by atoms with Gasteiger partial charge in [0.15, 0.2) is 0 Å². The monoisotopic (exact) mass is 360 g/mol. The van der Waals surface area contributed by atoms with Crippen LogP contribution in [0.4, 0.5) is 11.4 Å². The Hall–Kier alpha value is -2.54. The quantitative estimate of drug-likeness (QED) is 0.878. The van der Waals surface area contributed by atoms with Gasteiger partial charge in [0.25, 0.3) is 10.0 Å². The van der Waals surface area contributed by atoms with Gasteiger partial charge in [-0.2, -0.15) is 0 Å². The van der Waals surface area contributed by atoms with Crippen molar-refractivity contribution in [1.29, 1.82) is 0 Å². The van der Waals surface area contributed by atoms with E-state index in [1.807, 2.05) is 13.8 Å². The van der Waals surface area contributed by atoms with Gasteiger partial charge in [-0.15, -0.1) is 0 Å². The summed E-state index contributed by atoms with van der Waals surface area (Å²) in [6, 6.07) is 8.42. The molecule has 132 valence electrons. The number of nitrogens with one attached hydrogen (secondary N) is 2. The van der Waals surface area contributed by atoms with Crippen molar-refractivity contribution in [3.05, 3.63) is 47.0 Å². The molecule has 1 heterocycles. The zero-order valence-corrected chi connectivity index (χ0v) is 15.2. The number of carbonyl (C=O) groups is 1. The number of aryl methyl sites for hydroxylation is 3. The highest BCUT2D eigenvalue weighted by molar-refractivity contribution is 7.92. The van der Waals surface area contributed by atoms with E-state index >= 15 is 0 Å². The predicted octanol–water partition coefficient (Wildman–Crippen LogP) is 3.00. The molecule has 6 nitrogen and oxygen atoms in total. The summed E-state index contributed by atoms with van der Waals surface area (Å²) in [4.78, 5) is 11.5.